The summed E-state index contributed by atoms with van der Waals surface area (Å²) in [5.74, 6) is 1.46. The molecule has 2 heterocycles. The van der Waals surface area contributed by atoms with Crippen LogP contribution >= 0.6 is 0 Å². The molecule has 170 valence electrons. The summed E-state index contributed by atoms with van der Waals surface area (Å²) in [6.07, 6.45) is 0.936. The number of fused-ring (bicyclic) bond motifs is 1. The minimum Gasteiger partial charge on any atom is -0.497 e. The van der Waals surface area contributed by atoms with Gasteiger partial charge in [0, 0.05) is 35.1 Å². The van der Waals surface area contributed by atoms with Gasteiger partial charge in [-0.15, -0.1) is 0 Å². The summed E-state index contributed by atoms with van der Waals surface area (Å²) in [4.78, 5) is 17.4. The summed E-state index contributed by atoms with van der Waals surface area (Å²) in [6.45, 7) is 5.95. The quantitative estimate of drug-likeness (QED) is 0.438. The second kappa shape index (κ2) is 9.32. The van der Waals surface area contributed by atoms with E-state index in [2.05, 4.69) is 15.4 Å². The third kappa shape index (κ3) is 4.67. The lowest BCUT2D eigenvalue weighted by atomic mass is 10.0. The Labute approximate surface area is 193 Å². The third-order valence-corrected chi connectivity index (χ3v) is 5.77. The number of nitrogens with one attached hydrogen (secondary N) is 1. The van der Waals surface area contributed by atoms with Gasteiger partial charge in [0.1, 0.15) is 11.5 Å². The molecule has 7 heteroatoms. The Morgan fingerprint density at radius 3 is 2.45 bits per heavy atom. The predicted molar refractivity (Wildman–Crippen MR) is 129 cm³/mol. The van der Waals surface area contributed by atoms with Gasteiger partial charge in [0.2, 0.25) is 5.91 Å². The Morgan fingerprint density at radius 2 is 1.76 bits per heavy atom. The number of amides is 1. The van der Waals surface area contributed by atoms with Crippen LogP contribution in [0.15, 0.2) is 48.5 Å². The van der Waals surface area contributed by atoms with Crippen molar-refractivity contribution in [3.05, 3.63) is 71.2 Å². The molecule has 0 atom stereocenters. The topological polar surface area (TPSA) is 77.8 Å². The molecule has 2 aromatic heterocycles. The van der Waals surface area contributed by atoms with Gasteiger partial charge in [-0.05, 0) is 68.7 Å². The molecule has 0 saturated carbocycles. The van der Waals surface area contributed by atoms with Crippen molar-refractivity contribution in [1.82, 2.24) is 14.6 Å². The molecule has 0 spiro atoms. The van der Waals surface area contributed by atoms with Crippen LogP contribution in [0.4, 0.5) is 5.69 Å². The van der Waals surface area contributed by atoms with E-state index in [-0.39, 0.29) is 5.91 Å². The molecular formula is C26H28N4O3. The van der Waals surface area contributed by atoms with Crippen LogP contribution in [0, 0.1) is 20.8 Å². The van der Waals surface area contributed by atoms with Gasteiger partial charge in [-0.1, -0.05) is 12.1 Å². The number of carbonyl (C=O) groups is 1. The normalized spacial score (nSPS) is 10.9. The van der Waals surface area contributed by atoms with Gasteiger partial charge in [-0.25, -0.2) is 9.50 Å². The molecular weight excluding hydrogens is 416 g/mol. The van der Waals surface area contributed by atoms with Crippen LogP contribution in [0.1, 0.15) is 29.1 Å². The molecule has 0 fully saturated rings. The summed E-state index contributed by atoms with van der Waals surface area (Å²) >= 11 is 0. The van der Waals surface area contributed by atoms with Crippen LogP contribution in [-0.4, -0.2) is 34.7 Å². The fraction of sp³-hybridized carbons (Fsp3) is 0.269. The fourth-order valence-electron chi connectivity index (χ4n) is 4.05. The average Bonchev–Trinajstić information content (AvgIpc) is 3.19. The van der Waals surface area contributed by atoms with Gasteiger partial charge >= 0.3 is 0 Å². The zero-order chi connectivity index (χ0) is 23.5. The molecule has 0 unspecified atom stereocenters. The standard InChI is InChI=1S/C26H28N4O3/c1-16-14-25-27-17(2)22(18(3)30(25)29-16)11-13-26(31)28-20-8-12-24(33-5)23(15-20)19-6-9-21(32-4)10-7-19/h6-10,12,14-15H,11,13H2,1-5H3,(H,28,31). The van der Waals surface area contributed by atoms with E-state index < -0.39 is 0 Å². The molecule has 1 N–H and O–H groups in total. The van der Waals surface area contributed by atoms with E-state index in [1.165, 1.54) is 0 Å². The number of aryl methyl sites for hydroxylation is 3. The maximum absolute atomic E-state index is 12.8. The molecule has 2 aromatic carbocycles. The number of anilines is 1. The fourth-order valence-corrected chi connectivity index (χ4v) is 4.05. The second-order valence-corrected chi connectivity index (χ2v) is 8.01. The van der Waals surface area contributed by atoms with Crippen LogP contribution in [0.3, 0.4) is 0 Å². The molecule has 0 saturated heterocycles. The van der Waals surface area contributed by atoms with E-state index in [0.29, 0.717) is 12.8 Å². The maximum atomic E-state index is 12.8. The summed E-state index contributed by atoms with van der Waals surface area (Å²) in [5.41, 5.74) is 7.35. The first-order valence-corrected chi connectivity index (χ1v) is 10.8. The zero-order valence-electron chi connectivity index (χ0n) is 19.6. The van der Waals surface area contributed by atoms with E-state index in [1.807, 2.05) is 73.8 Å². The smallest absolute Gasteiger partial charge is 0.224 e. The number of aromatic nitrogens is 3. The number of methoxy groups -OCH3 is 2. The lowest BCUT2D eigenvalue weighted by molar-refractivity contribution is -0.116. The van der Waals surface area contributed by atoms with Crippen molar-refractivity contribution >= 4 is 17.2 Å². The van der Waals surface area contributed by atoms with E-state index in [1.54, 1.807) is 14.2 Å². The van der Waals surface area contributed by atoms with E-state index in [9.17, 15) is 4.79 Å². The lowest BCUT2D eigenvalue weighted by Crippen LogP contribution is -2.14. The van der Waals surface area contributed by atoms with Crippen LogP contribution in [0.5, 0.6) is 11.5 Å². The van der Waals surface area contributed by atoms with E-state index >= 15 is 0 Å². The summed E-state index contributed by atoms with van der Waals surface area (Å²) in [6, 6.07) is 15.3. The molecule has 0 aliphatic carbocycles. The van der Waals surface area contributed by atoms with Crippen molar-refractivity contribution in [2.75, 3.05) is 19.5 Å². The highest BCUT2D eigenvalue weighted by atomic mass is 16.5. The molecule has 4 aromatic rings. The number of hydrogen-bond donors (Lipinski definition) is 1. The number of ether oxygens (including phenoxy) is 2. The number of carbonyl (C=O) groups excluding carboxylic acids is 1. The van der Waals surface area contributed by atoms with Crippen LogP contribution < -0.4 is 14.8 Å². The average molecular weight is 445 g/mol. The Hall–Kier alpha value is -3.87. The van der Waals surface area contributed by atoms with Gasteiger partial charge in [-0.2, -0.15) is 5.10 Å². The van der Waals surface area contributed by atoms with Crippen molar-refractivity contribution in [3.63, 3.8) is 0 Å². The lowest BCUT2D eigenvalue weighted by Gasteiger charge is -2.13. The number of benzene rings is 2. The number of nitrogens with zero attached hydrogens (tertiary/aromatic N) is 3. The molecule has 33 heavy (non-hydrogen) atoms. The Bertz CT molecular complexity index is 1310. The first kappa shape index (κ1) is 22.3. The molecule has 0 aliphatic rings. The van der Waals surface area contributed by atoms with Gasteiger partial charge < -0.3 is 14.8 Å². The Balaban J connectivity index is 1.50. The molecule has 7 nitrogen and oxygen atoms in total. The summed E-state index contributed by atoms with van der Waals surface area (Å²) in [5, 5.41) is 7.52. The number of hydrogen-bond acceptors (Lipinski definition) is 5. The van der Waals surface area contributed by atoms with Gasteiger partial charge in [0.15, 0.2) is 5.65 Å². The van der Waals surface area contributed by atoms with Crippen molar-refractivity contribution in [2.24, 2.45) is 0 Å². The van der Waals surface area contributed by atoms with E-state index in [0.717, 1.165) is 56.6 Å². The molecule has 0 bridgehead atoms. The predicted octanol–water partition coefficient (Wildman–Crippen LogP) is 4.91. The first-order valence-electron chi connectivity index (χ1n) is 10.8. The molecule has 1 amide bonds. The first-order chi connectivity index (χ1) is 15.9. The highest BCUT2D eigenvalue weighted by Crippen LogP contribution is 2.33. The Morgan fingerprint density at radius 1 is 1.00 bits per heavy atom. The highest BCUT2D eigenvalue weighted by Gasteiger charge is 2.14. The highest BCUT2D eigenvalue weighted by molar-refractivity contribution is 5.92. The van der Waals surface area contributed by atoms with Crippen LogP contribution in [-0.2, 0) is 11.2 Å². The Kier molecular flexibility index (Phi) is 6.31. The molecule has 4 rings (SSSR count). The van der Waals surface area contributed by atoms with E-state index in [4.69, 9.17) is 9.47 Å². The van der Waals surface area contributed by atoms with Crippen molar-refractivity contribution in [2.45, 2.75) is 33.6 Å². The monoisotopic (exact) mass is 444 g/mol. The van der Waals surface area contributed by atoms with Gasteiger partial charge in [0.05, 0.1) is 19.9 Å². The molecule has 0 aliphatic heterocycles. The summed E-state index contributed by atoms with van der Waals surface area (Å²) < 4.78 is 12.6. The third-order valence-electron chi connectivity index (χ3n) is 5.77. The number of rotatable bonds is 7. The van der Waals surface area contributed by atoms with Gasteiger partial charge in [-0.3, -0.25) is 4.79 Å². The van der Waals surface area contributed by atoms with Crippen LogP contribution in [0.25, 0.3) is 16.8 Å². The SMILES string of the molecule is COc1ccc(-c2cc(NC(=O)CCc3c(C)nc4cc(C)nn4c3C)ccc2OC)cc1. The largest absolute Gasteiger partial charge is 0.497 e. The minimum atomic E-state index is -0.0589. The minimum absolute atomic E-state index is 0.0589. The zero-order valence-corrected chi connectivity index (χ0v) is 19.6. The second-order valence-electron chi connectivity index (χ2n) is 8.01. The van der Waals surface area contributed by atoms with Crippen molar-refractivity contribution in [3.8, 4) is 22.6 Å². The van der Waals surface area contributed by atoms with Crippen molar-refractivity contribution < 1.29 is 14.3 Å². The van der Waals surface area contributed by atoms with Crippen LogP contribution in [0.2, 0.25) is 0 Å². The van der Waals surface area contributed by atoms with Gasteiger partial charge in [0.25, 0.3) is 0 Å². The van der Waals surface area contributed by atoms with Crippen molar-refractivity contribution in [1.29, 1.82) is 0 Å². The molecule has 0 radical (unpaired) electrons. The summed E-state index contributed by atoms with van der Waals surface area (Å²) in [7, 11) is 3.27. The maximum Gasteiger partial charge on any atom is 0.224 e.